The number of aromatic nitrogens is 2. The number of nitrogen functional groups attached to an aromatic ring is 1. The van der Waals surface area contributed by atoms with E-state index in [1.807, 2.05) is 72.8 Å². The van der Waals surface area contributed by atoms with Crippen LogP contribution < -0.4 is 21.9 Å². The number of hydrogen-bond acceptors (Lipinski definition) is 5. The summed E-state index contributed by atoms with van der Waals surface area (Å²) >= 11 is 0. The second-order valence-electron chi connectivity index (χ2n) is 9.02. The Morgan fingerprint density at radius 3 is 2.56 bits per heavy atom. The minimum absolute atomic E-state index is 0.0220. The van der Waals surface area contributed by atoms with Gasteiger partial charge in [-0.1, -0.05) is 72.8 Å². The van der Waals surface area contributed by atoms with Crippen LogP contribution in [-0.2, 0) is 22.5 Å². The van der Waals surface area contributed by atoms with Crippen molar-refractivity contribution in [3.05, 3.63) is 105 Å². The van der Waals surface area contributed by atoms with E-state index in [0.717, 1.165) is 34.7 Å². The zero-order valence-corrected chi connectivity index (χ0v) is 19.9. The van der Waals surface area contributed by atoms with Crippen molar-refractivity contribution in [2.45, 2.75) is 31.9 Å². The van der Waals surface area contributed by atoms with Gasteiger partial charge in [-0.25, -0.2) is 4.79 Å². The molecule has 0 spiro atoms. The van der Waals surface area contributed by atoms with Crippen molar-refractivity contribution in [1.82, 2.24) is 9.55 Å². The molecule has 4 aromatic rings. The lowest BCUT2D eigenvalue weighted by Crippen LogP contribution is -2.44. The van der Waals surface area contributed by atoms with Gasteiger partial charge in [0.2, 0.25) is 5.91 Å². The normalized spacial score (nSPS) is 15.3. The van der Waals surface area contributed by atoms with Crippen molar-refractivity contribution in [2.75, 3.05) is 23.8 Å². The molecule has 1 saturated heterocycles. The van der Waals surface area contributed by atoms with Crippen LogP contribution in [0.25, 0.3) is 10.8 Å². The quantitative estimate of drug-likeness (QED) is 0.419. The average Bonchev–Trinajstić information content (AvgIpc) is 3.40. The molecule has 8 nitrogen and oxygen atoms in total. The molecule has 2 heterocycles. The maximum absolute atomic E-state index is 13.8. The van der Waals surface area contributed by atoms with Crippen molar-refractivity contribution in [3.63, 3.8) is 0 Å². The average molecular weight is 485 g/mol. The van der Waals surface area contributed by atoms with Crippen LogP contribution in [0.2, 0.25) is 0 Å². The van der Waals surface area contributed by atoms with Crippen LogP contribution in [0.3, 0.4) is 0 Å². The molecule has 0 aliphatic carbocycles. The van der Waals surface area contributed by atoms with E-state index in [2.05, 4.69) is 4.98 Å². The number of hydrogen-bond donors (Lipinski definition) is 2. The molecule has 0 unspecified atom stereocenters. The van der Waals surface area contributed by atoms with Gasteiger partial charge in [0.05, 0.1) is 25.6 Å². The summed E-state index contributed by atoms with van der Waals surface area (Å²) in [6.07, 6.45) is 1.52. The first kappa shape index (κ1) is 23.6. The number of carbonyl (C=O) groups excluding carboxylic acids is 1. The first-order chi connectivity index (χ1) is 17.5. The van der Waals surface area contributed by atoms with Gasteiger partial charge in [-0.05, 0) is 34.7 Å². The van der Waals surface area contributed by atoms with E-state index in [4.69, 9.17) is 10.5 Å². The predicted octanol–water partition coefficient (Wildman–Crippen LogP) is 3.08. The highest BCUT2D eigenvalue weighted by Crippen LogP contribution is 2.24. The van der Waals surface area contributed by atoms with Gasteiger partial charge >= 0.3 is 5.69 Å². The smallest absolute Gasteiger partial charge is 0.330 e. The van der Waals surface area contributed by atoms with Gasteiger partial charge in [-0.2, -0.15) is 0 Å². The molecule has 1 aromatic heterocycles. The number of H-pyrrole nitrogens is 1. The second-order valence-corrected chi connectivity index (χ2v) is 9.02. The Kier molecular flexibility index (Phi) is 6.69. The lowest BCUT2D eigenvalue weighted by Gasteiger charge is -2.27. The van der Waals surface area contributed by atoms with Crippen LogP contribution in [0, 0.1) is 0 Å². The summed E-state index contributed by atoms with van der Waals surface area (Å²) < 4.78 is 7.08. The van der Waals surface area contributed by atoms with E-state index in [0.29, 0.717) is 6.61 Å². The Morgan fingerprint density at radius 2 is 1.78 bits per heavy atom. The summed E-state index contributed by atoms with van der Waals surface area (Å²) in [6.45, 7) is 0.955. The fourth-order valence-corrected chi connectivity index (χ4v) is 4.78. The van der Waals surface area contributed by atoms with Crippen molar-refractivity contribution < 1.29 is 9.53 Å². The molecule has 0 bridgehead atoms. The lowest BCUT2D eigenvalue weighted by atomic mass is 10.0. The summed E-state index contributed by atoms with van der Waals surface area (Å²) in [4.78, 5) is 43.3. The van der Waals surface area contributed by atoms with Crippen LogP contribution in [0.4, 0.5) is 11.5 Å². The molecule has 3 aromatic carbocycles. The van der Waals surface area contributed by atoms with Gasteiger partial charge in [0.25, 0.3) is 5.56 Å². The number of fused-ring (bicyclic) bond motifs is 1. The molecule has 0 radical (unpaired) electrons. The molecule has 5 rings (SSSR count). The number of amides is 1. The lowest BCUT2D eigenvalue weighted by molar-refractivity contribution is -0.118. The third-order valence-corrected chi connectivity index (χ3v) is 6.60. The topological polar surface area (TPSA) is 110 Å². The van der Waals surface area contributed by atoms with Crippen LogP contribution >= 0.6 is 0 Å². The van der Waals surface area contributed by atoms with Crippen molar-refractivity contribution in [1.29, 1.82) is 0 Å². The van der Waals surface area contributed by atoms with Crippen LogP contribution in [0.15, 0.2) is 82.4 Å². The SMILES string of the molecule is Nc1c(N(C[C@@H]2CCCO2)C(=O)Cc2cccc3ccccc23)c(=O)[nH]c(=O)n1Cc1ccccc1. The van der Waals surface area contributed by atoms with Gasteiger partial charge < -0.3 is 15.4 Å². The zero-order chi connectivity index (χ0) is 25.1. The van der Waals surface area contributed by atoms with Crippen molar-refractivity contribution in [3.8, 4) is 0 Å². The zero-order valence-electron chi connectivity index (χ0n) is 19.9. The van der Waals surface area contributed by atoms with Gasteiger partial charge in [0, 0.05) is 6.61 Å². The number of nitrogens with one attached hydrogen (secondary N) is 1. The number of ether oxygens (including phenoxy) is 1. The van der Waals surface area contributed by atoms with Crippen LogP contribution in [0.1, 0.15) is 24.0 Å². The summed E-state index contributed by atoms with van der Waals surface area (Å²) in [5, 5.41) is 2.00. The summed E-state index contributed by atoms with van der Waals surface area (Å²) in [7, 11) is 0. The van der Waals surface area contributed by atoms with Gasteiger partial charge in [0.1, 0.15) is 5.82 Å². The molecule has 1 fully saturated rings. The Hall–Kier alpha value is -4.17. The number of rotatable bonds is 7. The fraction of sp³-hybridized carbons (Fsp3) is 0.250. The van der Waals surface area contributed by atoms with E-state index >= 15 is 0 Å². The number of anilines is 2. The third kappa shape index (κ3) is 4.81. The Balaban J connectivity index is 1.55. The van der Waals surface area contributed by atoms with E-state index < -0.39 is 11.2 Å². The first-order valence-corrected chi connectivity index (χ1v) is 12.1. The number of aromatic amines is 1. The second kappa shape index (κ2) is 10.2. The Bertz CT molecular complexity index is 1500. The molecule has 1 aliphatic heterocycles. The minimum Gasteiger partial charge on any atom is -0.383 e. The molecule has 1 aliphatic rings. The highest BCUT2D eigenvalue weighted by Gasteiger charge is 2.29. The summed E-state index contributed by atoms with van der Waals surface area (Å²) in [5.74, 6) is -0.333. The largest absolute Gasteiger partial charge is 0.383 e. The standard InChI is InChI=1S/C28H28N4O4/c29-26-25(27(34)30-28(35)32(26)17-19-8-2-1-3-9-19)31(18-22-13-7-15-36-22)24(33)16-21-12-6-11-20-10-4-5-14-23(20)21/h1-6,8-12,14,22H,7,13,15-18,29H2,(H,30,34,35)/t22-/m0/s1. The van der Waals surface area contributed by atoms with E-state index in [1.54, 1.807) is 0 Å². The molecule has 1 atom stereocenters. The Labute approximate surface area is 207 Å². The van der Waals surface area contributed by atoms with E-state index in [1.165, 1.54) is 9.47 Å². The van der Waals surface area contributed by atoms with Gasteiger partial charge in [-0.15, -0.1) is 0 Å². The number of carbonyl (C=O) groups is 1. The first-order valence-electron chi connectivity index (χ1n) is 12.1. The molecule has 0 saturated carbocycles. The van der Waals surface area contributed by atoms with Crippen LogP contribution in [-0.4, -0.2) is 34.7 Å². The van der Waals surface area contributed by atoms with Crippen LogP contribution in [0.5, 0.6) is 0 Å². The molecule has 36 heavy (non-hydrogen) atoms. The molecule has 1 amide bonds. The maximum atomic E-state index is 13.8. The molecule has 8 heteroatoms. The fourth-order valence-electron chi connectivity index (χ4n) is 4.78. The van der Waals surface area contributed by atoms with Crippen molar-refractivity contribution >= 4 is 28.2 Å². The minimum atomic E-state index is -0.689. The summed E-state index contributed by atoms with van der Waals surface area (Å²) in [6, 6.07) is 23.0. The molecule has 184 valence electrons. The molecule has 3 N–H and O–H groups in total. The molecular weight excluding hydrogens is 456 g/mol. The maximum Gasteiger partial charge on any atom is 0.330 e. The van der Waals surface area contributed by atoms with Gasteiger partial charge in [-0.3, -0.25) is 19.1 Å². The highest BCUT2D eigenvalue weighted by atomic mass is 16.5. The summed E-state index contributed by atoms with van der Waals surface area (Å²) in [5.41, 5.74) is 6.80. The van der Waals surface area contributed by atoms with E-state index in [-0.39, 0.29) is 43.0 Å². The predicted molar refractivity (Wildman–Crippen MR) is 140 cm³/mol. The van der Waals surface area contributed by atoms with E-state index in [9.17, 15) is 14.4 Å². The molecular formula is C28H28N4O4. The number of benzene rings is 3. The number of nitrogens with two attached hydrogens (primary N) is 1. The third-order valence-electron chi connectivity index (χ3n) is 6.60. The number of nitrogens with zero attached hydrogens (tertiary/aromatic N) is 2. The monoisotopic (exact) mass is 484 g/mol. The highest BCUT2D eigenvalue weighted by molar-refractivity contribution is 5.99. The van der Waals surface area contributed by atoms with Crippen molar-refractivity contribution in [2.24, 2.45) is 0 Å². The van der Waals surface area contributed by atoms with Gasteiger partial charge in [0.15, 0.2) is 5.69 Å². The Morgan fingerprint density at radius 1 is 1.03 bits per heavy atom.